The van der Waals surface area contributed by atoms with Gasteiger partial charge in [-0.1, -0.05) is 95.9 Å². The zero-order valence-electron chi connectivity index (χ0n) is 31.3. The number of ether oxygens (including phenoxy) is 4. The fraction of sp³-hybridized carbons (Fsp3) is 0.868. The van der Waals surface area contributed by atoms with E-state index in [0.717, 1.165) is 57.8 Å². The van der Waals surface area contributed by atoms with E-state index in [1.165, 1.54) is 32.1 Å². The molecule has 2 rings (SSSR count). The number of hydrogen-bond donors (Lipinski definition) is 9. The number of amides is 1. The molecule has 0 aromatic heterocycles. The van der Waals surface area contributed by atoms with E-state index in [1.54, 1.807) is 6.08 Å². The zero-order chi connectivity index (χ0) is 38.3. The largest absolute Gasteiger partial charge is 0.394 e. The van der Waals surface area contributed by atoms with E-state index in [-0.39, 0.29) is 18.9 Å². The molecule has 2 heterocycles. The van der Waals surface area contributed by atoms with Crippen molar-refractivity contribution in [3.05, 3.63) is 24.3 Å². The van der Waals surface area contributed by atoms with Crippen LogP contribution in [0.1, 0.15) is 117 Å². The Balaban J connectivity index is 1.87. The van der Waals surface area contributed by atoms with E-state index in [1.807, 2.05) is 6.08 Å². The molecule has 14 nitrogen and oxygen atoms in total. The molecule has 0 aliphatic carbocycles. The Bertz CT molecular complexity index is 983. The average molecular weight is 748 g/mol. The van der Waals surface area contributed by atoms with E-state index < -0.39 is 86.8 Å². The van der Waals surface area contributed by atoms with Crippen LogP contribution in [0.3, 0.4) is 0 Å². The van der Waals surface area contributed by atoms with Crippen LogP contribution in [0.5, 0.6) is 0 Å². The van der Waals surface area contributed by atoms with Crippen molar-refractivity contribution in [2.75, 3.05) is 19.8 Å². The molecule has 0 spiro atoms. The maximum atomic E-state index is 12.9. The summed E-state index contributed by atoms with van der Waals surface area (Å²) in [5.41, 5.74) is 0. The number of aliphatic hydroxyl groups excluding tert-OH is 8. The monoisotopic (exact) mass is 747 g/mol. The van der Waals surface area contributed by atoms with Gasteiger partial charge in [-0.25, -0.2) is 0 Å². The third kappa shape index (κ3) is 16.5. The van der Waals surface area contributed by atoms with Crippen molar-refractivity contribution in [1.82, 2.24) is 5.32 Å². The molecule has 9 N–H and O–H groups in total. The Morgan fingerprint density at radius 3 is 1.87 bits per heavy atom. The van der Waals surface area contributed by atoms with Crippen LogP contribution in [0.2, 0.25) is 0 Å². The van der Waals surface area contributed by atoms with Crippen LogP contribution in [0, 0.1) is 0 Å². The van der Waals surface area contributed by atoms with Crippen LogP contribution in [-0.2, 0) is 23.7 Å². The Labute approximate surface area is 309 Å². The summed E-state index contributed by atoms with van der Waals surface area (Å²) in [5, 5.41) is 85.5. The molecule has 0 aromatic carbocycles. The molecular formula is C38H69NO13. The predicted molar refractivity (Wildman–Crippen MR) is 194 cm³/mol. The van der Waals surface area contributed by atoms with Crippen molar-refractivity contribution in [3.63, 3.8) is 0 Å². The second-order valence-corrected chi connectivity index (χ2v) is 14.1. The minimum Gasteiger partial charge on any atom is -0.394 e. The highest BCUT2D eigenvalue weighted by Crippen LogP contribution is 2.29. The summed E-state index contributed by atoms with van der Waals surface area (Å²) < 4.78 is 22.4. The lowest BCUT2D eigenvalue weighted by atomic mass is 9.97. The number of carbonyl (C=O) groups excluding carboxylic acids is 1. The molecule has 12 atom stereocenters. The summed E-state index contributed by atoms with van der Waals surface area (Å²) in [6, 6.07) is -0.910. The molecule has 14 heteroatoms. The number of hydrogen-bond acceptors (Lipinski definition) is 13. The van der Waals surface area contributed by atoms with Gasteiger partial charge in [-0.05, 0) is 38.5 Å². The van der Waals surface area contributed by atoms with Gasteiger partial charge in [-0.3, -0.25) is 4.79 Å². The smallest absolute Gasteiger partial charge is 0.220 e. The third-order valence-corrected chi connectivity index (χ3v) is 9.63. The topological polar surface area (TPSA) is 228 Å². The molecule has 0 aromatic rings. The number of allylic oxidation sites excluding steroid dienone is 3. The van der Waals surface area contributed by atoms with Gasteiger partial charge in [0.2, 0.25) is 5.91 Å². The number of unbranched alkanes of at least 4 members (excludes halogenated alkanes) is 12. The lowest BCUT2D eigenvalue weighted by Gasteiger charge is -2.46. The molecule has 0 bridgehead atoms. The predicted octanol–water partition coefficient (Wildman–Crippen LogP) is 1.87. The number of rotatable bonds is 27. The van der Waals surface area contributed by atoms with Gasteiger partial charge in [0, 0.05) is 6.42 Å². The van der Waals surface area contributed by atoms with Crippen LogP contribution in [0.4, 0.5) is 0 Å². The molecule has 1 amide bonds. The van der Waals surface area contributed by atoms with Gasteiger partial charge >= 0.3 is 0 Å². The Morgan fingerprint density at radius 1 is 0.673 bits per heavy atom. The first kappa shape index (κ1) is 46.6. The fourth-order valence-corrected chi connectivity index (χ4v) is 6.27. The van der Waals surface area contributed by atoms with Crippen LogP contribution in [-0.4, -0.2) is 140 Å². The van der Waals surface area contributed by atoms with E-state index in [0.29, 0.717) is 6.42 Å². The van der Waals surface area contributed by atoms with Crippen molar-refractivity contribution in [2.45, 2.75) is 190 Å². The van der Waals surface area contributed by atoms with E-state index in [9.17, 15) is 45.6 Å². The molecular weight excluding hydrogens is 678 g/mol. The van der Waals surface area contributed by atoms with Crippen molar-refractivity contribution < 1.29 is 64.6 Å². The van der Waals surface area contributed by atoms with Gasteiger partial charge in [-0.2, -0.15) is 0 Å². The normalized spacial score (nSPS) is 31.0. The van der Waals surface area contributed by atoms with Gasteiger partial charge < -0.3 is 65.1 Å². The molecule has 2 aliphatic heterocycles. The first-order valence-electron chi connectivity index (χ1n) is 19.6. The first-order chi connectivity index (χ1) is 25.1. The van der Waals surface area contributed by atoms with E-state index in [2.05, 4.69) is 31.3 Å². The average Bonchev–Trinajstić information content (AvgIpc) is 3.14. The first-order valence-corrected chi connectivity index (χ1v) is 19.6. The van der Waals surface area contributed by atoms with Crippen molar-refractivity contribution >= 4 is 5.91 Å². The Morgan fingerprint density at radius 2 is 1.23 bits per heavy atom. The fourth-order valence-electron chi connectivity index (χ4n) is 6.27. The summed E-state index contributed by atoms with van der Waals surface area (Å²) in [7, 11) is 0. The summed E-state index contributed by atoms with van der Waals surface area (Å²) in [5.74, 6) is -0.261. The maximum absolute atomic E-state index is 12.9. The van der Waals surface area contributed by atoms with Crippen LogP contribution in [0.15, 0.2) is 24.3 Å². The highest BCUT2D eigenvalue weighted by atomic mass is 16.7. The molecule has 0 saturated carbocycles. The second-order valence-electron chi connectivity index (χ2n) is 14.1. The van der Waals surface area contributed by atoms with Gasteiger partial charge in [0.05, 0.1) is 32.0 Å². The lowest BCUT2D eigenvalue weighted by molar-refractivity contribution is -0.359. The highest BCUT2D eigenvalue weighted by molar-refractivity contribution is 5.76. The second kappa shape index (κ2) is 27.1. The van der Waals surface area contributed by atoms with E-state index >= 15 is 0 Å². The van der Waals surface area contributed by atoms with E-state index in [4.69, 9.17) is 18.9 Å². The molecule has 304 valence electrons. The van der Waals surface area contributed by atoms with Gasteiger partial charge in [-0.15, -0.1) is 0 Å². The highest BCUT2D eigenvalue weighted by Gasteiger charge is 2.50. The zero-order valence-corrected chi connectivity index (χ0v) is 31.3. The molecule has 52 heavy (non-hydrogen) atoms. The molecule has 2 aliphatic rings. The summed E-state index contributed by atoms with van der Waals surface area (Å²) in [6.45, 7) is 2.55. The summed E-state index contributed by atoms with van der Waals surface area (Å²) >= 11 is 0. The third-order valence-electron chi connectivity index (χ3n) is 9.63. The van der Waals surface area contributed by atoms with Gasteiger partial charge in [0.1, 0.15) is 48.8 Å². The van der Waals surface area contributed by atoms with Crippen LogP contribution < -0.4 is 5.32 Å². The quantitative estimate of drug-likeness (QED) is 0.0433. The summed E-state index contributed by atoms with van der Waals surface area (Å²) in [6.07, 6.45) is 7.45. The van der Waals surface area contributed by atoms with Crippen molar-refractivity contribution in [2.24, 2.45) is 0 Å². The molecule has 2 fully saturated rings. The molecule has 12 unspecified atom stereocenters. The Kier molecular flexibility index (Phi) is 24.3. The maximum Gasteiger partial charge on any atom is 0.220 e. The van der Waals surface area contributed by atoms with Gasteiger partial charge in [0.15, 0.2) is 12.6 Å². The summed E-state index contributed by atoms with van der Waals surface area (Å²) in [4.78, 5) is 12.9. The van der Waals surface area contributed by atoms with Crippen LogP contribution in [0.25, 0.3) is 0 Å². The van der Waals surface area contributed by atoms with Crippen LogP contribution >= 0.6 is 0 Å². The number of nitrogens with one attached hydrogen (secondary N) is 1. The standard InChI is InChI=1S/C38H69NO13/c1-3-5-7-9-10-11-12-13-14-15-16-17-18-20-22-30(43)39-26(27(42)21-19-8-6-4-2)25-49-37-35(48)33(46)36(29(24-41)51-37)52-38-34(47)32(45)31(44)28(23-40)50-38/h12-13,19,21,26-29,31-38,40-42,44-48H,3-11,14-18,20,22-25H2,1-2H3,(H,39,43)/b13-12-,21-19+. The lowest BCUT2D eigenvalue weighted by Crippen LogP contribution is -2.65. The minimum atomic E-state index is -1.78. The van der Waals surface area contributed by atoms with Gasteiger partial charge in [0.25, 0.3) is 0 Å². The molecule has 2 saturated heterocycles. The minimum absolute atomic E-state index is 0.261. The number of carbonyl (C=O) groups is 1. The molecule has 0 radical (unpaired) electrons. The Hall–Kier alpha value is -1.53. The number of aliphatic hydroxyl groups is 8. The SMILES string of the molecule is CCCC/C=C/C(O)C(COC1OC(CO)C(OC2OC(CO)C(O)C(O)C2O)C(O)C1O)NC(=O)CCCCCCC/C=C\CCCCCCC. The van der Waals surface area contributed by atoms with Crippen molar-refractivity contribution in [1.29, 1.82) is 0 Å². The van der Waals surface area contributed by atoms with Crippen molar-refractivity contribution in [3.8, 4) is 0 Å².